The zero-order chi connectivity index (χ0) is 14.0. The van der Waals surface area contributed by atoms with Gasteiger partial charge in [0, 0.05) is 10.6 Å². The first kappa shape index (κ1) is 13.5. The number of aryl methyl sites for hydroxylation is 2. The molecule has 0 fully saturated rings. The van der Waals surface area contributed by atoms with Crippen LogP contribution in [0.2, 0.25) is 5.02 Å². The molecule has 0 aliphatic carbocycles. The zero-order valence-electron chi connectivity index (χ0n) is 11.1. The predicted octanol–water partition coefficient (Wildman–Crippen LogP) is 4.59. The molecule has 1 atom stereocenters. The van der Waals surface area contributed by atoms with Crippen molar-refractivity contribution in [1.29, 1.82) is 5.26 Å². The summed E-state index contributed by atoms with van der Waals surface area (Å²) >= 11 is 5.97. The summed E-state index contributed by atoms with van der Waals surface area (Å²) in [4.78, 5) is 0. The largest absolute Gasteiger partial charge is 0.466 e. The van der Waals surface area contributed by atoms with Gasteiger partial charge in [-0.1, -0.05) is 11.6 Å². The molecule has 3 nitrogen and oxygen atoms in total. The van der Waals surface area contributed by atoms with Crippen molar-refractivity contribution in [2.75, 3.05) is 5.32 Å². The van der Waals surface area contributed by atoms with Gasteiger partial charge < -0.3 is 9.73 Å². The lowest BCUT2D eigenvalue weighted by Crippen LogP contribution is -2.08. The first-order valence-corrected chi connectivity index (χ1v) is 6.42. The number of furan rings is 1. The van der Waals surface area contributed by atoms with Crippen LogP contribution in [0.25, 0.3) is 0 Å². The normalized spacial score (nSPS) is 11.9. The maximum atomic E-state index is 9.10. The van der Waals surface area contributed by atoms with Gasteiger partial charge in [0.2, 0.25) is 0 Å². The Morgan fingerprint density at radius 2 is 2.05 bits per heavy atom. The van der Waals surface area contributed by atoms with Crippen molar-refractivity contribution in [1.82, 2.24) is 0 Å². The summed E-state index contributed by atoms with van der Waals surface area (Å²) in [5, 5.41) is 13.0. The average Bonchev–Trinajstić information content (AvgIpc) is 2.69. The van der Waals surface area contributed by atoms with E-state index in [9.17, 15) is 0 Å². The van der Waals surface area contributed by atoms with Gasteiger partial charge >= 0.3 is 0 Å². The third-order valence-electron chi connectivity index (χ3n) is 3.02. The molecule has 19 heavy (non-hydrogen) atoms. The van der Waals surface area contributed by atoms with Crippen LogP contribution >= 0.6 is 11.6 Å². The van der Waals surface area contributed by atoms with E-state index in [0.717, 1.165) is 22.8 Å². The number of rotatable bonds is 3. The second-order valence-electron chi connectivity index (χ2n) is 4.54. The Bertz CT molecular complexity index is 640. The van der Waals surface area contributed by atoms with Crippen LogP contribution in [0.15, 0.2) is 28.7 Å². The minimum atomic E-state index is 0.0445. The van der Waals surface area contributed by atoms with Crippen molar-refractivity contribution in [3.05, 3.63) is 51.9 Å². The van der Waals surface area contributed by atoms with E-state index in [-0.39, 0.29) is 6.04 Å². The predicted molar refractivity (Wildman–Crippen MR) is 76.4 cm³/mol. The number of nitrogens with zero attached hydrogens (tertiary/aromatic N) is 1. The fourth-order valence-electron chi connectivity index (χ4n) is 2.12. The van der Waals surface area contributed by atoms with Crippen molar-refractivity contribution in [3.63, 3.8) is 0 Å². The van der Waals surface area contributed by atoms with Crippen LogP contribution in [0.5, 0.6) is 0 Å². The molecular formula is C15H15ClN2O. The van der Waals surface area contributed by atoms with E-state index in [0.29, 0.717) is 10.6 Å². The van der Waals surface area contributed by atoms with Crippen molar-refractivity contribution >= 4 is 17.3 Å². The summed E-state index contributed by atoms with van der Waals surface area (Å²) in [5.74, 6) is 1.77. The summed E-state index contributed by atoms with van der Waals surface area (Å²) < 4.78 is 5.52. The van der Waals surface area contributed by atoms with Gasteiger partial charge in [0.1, 0.15) is 17.6 Å². The lowest BCUT2D eigenvalue weighted by molar-refractivity contribution is 0.500. The van der Waals surface area contributed by atoms with E-state index < -0.39 is 0 Å². The van der Waals surface area contributed by atoms with E-state index >= 15 is 0 Å². The monoisotopic (exact) mass is 274 g/mol. The topological polar surface area (TPSA) is 49.0 Å². The maximum Gasteiger partial charge on any atom is 0.106 e. The van der Waals surface area contributed by atoms with Crippen LogP contribution in [0, 0.1) is 25.2 Å². The molecule has 0 spiro atoms. The number of anilines is 1. The fraction of sp³-hybridized carbons (Fsp3) is 0.267. The van der Waals surface area contributed by atoms with Crippen LogP contribution in [0.4, 0.5) is 5.69 Å². The zero-order valence-corrected chi connectivity index (χ0v) is 11.9. The standard InChI is InChI=1S/C15H15ClN2O/c1-9-6-14(11(3)19-9)10(2)18-15-7-13(16)5-4-12(15)8-17/h4-7,10,18H,1-3H3. The van der Waals surface area contributed by atoms with Crippen LogP contribution in [0.1, 0.15) is 35.6 Å². The quantitative estimate of drug-likeness (QED) is 0.890. The number of hydrogen-bond donors (Lipinski definition) is 1. The Kier molecular flexibility index (Phi) is 3.82. The summed E-state index contributed by atoms with van der Waals surface area (Å²) in [6, 6.07) is 9.39. The third-order valence-corrected chi connectivity index (χ3v) is 3.26. The number of hydrogen-bond acceptors (Lipinski definition) is 3. The molecule has 2 rings (SSSR count). The van der Waals surface area contributed by atoms with Gasteiger partial charge in [-0.15, -0.1) is 0 Å². The molecule has 0 saturated carbocycles. The molecule has 0 amide bonds. The molecule has 4 heteroatoms. The Balaban J connectivity index is 2.29. The molecule has 98 valence electrons. The Hall–Kier alpha value is -1.92. The summed E-state index contributed by atoms with van der Waals surface area (Å²) in [5.41, 5.74) is 2.40. The lowest BCUT2D eigenvalue weighted by Gasteiger charge is -2.16. The molecule has 1 aromatic carbocycles. The minimum Gasteiger partial charge on any atom is -0.466 e. The van der Waals surface area contributed by atoms with Gasteiger partial charge in [0.05, 0.1) is 17.3 Å². The summed E-state index contributed by atoms with van der Waals surface area (Å²) in [6.45, 7) is 5.88. The number of halogens is 1. The van der Waals surface area contributed by atoms with Gasteiger partial charge in [-0.2, -0.15) is 5.26 Å². The Morgan fingerprint density at radius 1 is 1.32 bits per heavy atom. The molecule has 2 aromatic rings. The fourth-order valence-corrected chi connectivity index (χ4v) is 2.30. The van der Waals surface area contributed by atoms with Crippen LogP contribution in [-0.4, -0.2) is 0 Å². The highest BCUT2D eigenvalue weighted by Gasteiger charge is 2.14. The van der Waals surface area contributed by atoms with Crippen LogP contribution in [-0.2, 0) is 0 Å². The molecule has 1 aromatic heterocycles. The highest BCUT2D eigenvalue weighted by atomic mass is 35.5. The third kappa shape index (κ3) is 2.91. The smallest absolute Gasteiger partial charge is 0.106 e. The Labute approximate surface area is 117 Å². The van der Waals surface area contributed by atoms with Gasteiger partial charge in [0.15, 0.2) is 0 Å². The Morgan fingerprint density at radius 3 is 2.63 bits per heavy atom. The van der Waals surface area contributed by atoms with Crippen LogP contribution in [0.3, 0.4) is 0 Å². The molecule has 1 unspecified atom stereocenters. The van der Waals surface area contributed by atoms with Crippen molar-refractivity contribution < 1.29 is 4.42 Å². The van der Waals surface area contributed by atoms with E-state index in [2.05, 4.69) is 11.4 Å². The van der Waals surface area contributed by atoms with E-state index in [4.69, 9.17) is 21.3 Å². The second-order valence-corrected chi connectivity index (χ2v) is 4.97. The van der Waals surface area contributed by atoms with Gasteiger partial charge in [0.25, 0.3) is 0 Å². The van der Waals surface area contributed by atoms with Crippen molar-refractivity contribution in [2.45, 2.75) is 26.8 Å². The van der Waals surface area contributed by atoms with Crippen molar-refractivity contribution in [2.24, 2.45) is 0 Å². The maximum absolute atomic E-state index is 9.10. The lowest BCUT2D eigenvalue weighted by atomic mass is 10.1. The van der Waals surface area contributed by atoms with Gasteiger partial charge in [-0.05, 0) is 45.0 Å². The van der Waals surface area contributed by atoms with Gasteiger partial charge in [-0.25, -0.2) is 0 Å². The molecule has 0 aliphatic rings. The van der Waals surface area contributed by atoms with Crippen LogP contribution < -0.4 is 5.32 Å². The molecule has 1 N–H and O–H groups in total. The number of nitriles is 1. The van der Waals surface area contributed by atoms with E-state index in [1.807, 2.05) is 26.8 Å². The molecule has 0 aliphatic heterocycles. The SMILES string of the molecule is Cc1cc(C(C)Nc2cc(Cl)ccc2C#N)c(C)o1. The second kappa shape index (κ2) is 5.38. The molecular weight excluding hydrogens is 260 g/mol. The average molecular weight is 275 g/mol. The first-order valence-electron chi connectivity index (χ1n) is 6.04. The van der Waals surface area contributed by atoms with E-state index in [1.165, 1.54) is 0 Å². The highest BCUT2D eigenvalue weighted by Crippen LogP contribution is 2.28. The van der Waals surface area contributed by atoms with Crippen molar-refractivity contribution in [3.8, 4) is 6.07 Å². The van der Waals surface area contributed by atoms with Gasteiger partial charge in [-0.3, -0.25) is 0 Å². The minimum absolute atomic E-state index is 0.0445. The van der Waals surface area contributed by atoms with E-state index in [1.54, 1.807) is 18.2 Å². The molecule has 0 bridgehead atoms. The highest BCUT2D eigenvalue weighted by molar-refractivity contribution is 6.30. The molecule has 0 radical (unpaired) electrons. The summed E-state index contributed by atoms with van der Waals surface area (Å²) in [7, 11) is 0. The molecule has 0 saturated heterocycles. The number of nitrogens with one attached hydrogen (secondary N) is 1. The number of benzene rings is 1. The first-order chi connectivity index (χ1) is 9.01. The molecule has 1 heterocycles. The summed E-state index contributed by atoms with van der Waals surface area (Å²) in [6.07, 6.45) is 0.